The summed E-state index contributed by atoms with van der Waals surface area (Å²) in [6.45, 7) is 6.46. The Morgan fingerprint density at radius 3 is 2.62 bits per heavy atom. The zero-order chi connectivity index (χ0) is 20.5. The lowest BCUT2D eigenvalue weighted by Gasteiger charge is -2.17. The molecule has 0 spiro atoms. The van der Waals surface area contributed by atoms with Crippen molar-refractivity contribution in [1.82, 2.24) is 9.78 Å². The fraction of sp³-hybridized carbons (Fsp3) is 0.261. The number of aromatic nitrogens is 2. The van der Waals surface area contributed by atoms with Crippen molar-refractivity contribution in [1.29, 1.82) is 0 Å². The van der Waals surface area contributed by atoms with Gasteiger partial charge in [0.2, 0.25) is 5.91 Å². The Morgan fingerprint density at radius 1 is 1.10 bits per heavy atom. The maximum absolute atomic E-state index is 13.0. The summed E-state index contributed by atoms with van der Waals surface area (Å²) in [5.74, 6) is -0.142. The Labute approximate surface area is 169 Å². The molecule has 148 valence electrons. The number of amides is 2. The van der Waals surface area contributed by atoms with Gasteiger partial charge < -0.3 is 10.6 Å². The van der Waals surface area contributed by atoms with Crippen LogP contribution in [-0.4, -0.2) is 21.6 Å². The number of rotatable bonds is 4. The summed E-state index contributed by atoms with van der Waals surface area (Å²) >= 11 is 0. The smallest absolute Gasteiger partial charge is 0.259 e. The molecule has 2 amide bonds. The van der Waals surface area contributed by atoms with Crippen LogP contribution in [0.5, 0.6) is 0 Å². The number of aryl methyl sites for hydroxylation is 3. The monoisotopic (exact) mass is 388 g/mol. The maximum Gasteiger partial charge on any atom is 0.259 e. The van der Waals surface area contributed by atoms with E-state index < -0.39 is 0 Å². The van der Waals surface area contributed by atoms with E-state index in [4.69, 9.17) is 0 Å². The number of nitrogens with one attached hydrogen (secondary N) is 2. The van der Waals surface area contributed by atoms with Gasteiger partial charge in [-0.15, -0.1) is 0 Å². The molecule has 0 saturated heterocycles. The third kappa shape index (κ3) is 3.92. The first-order chi connectivity index (χ1) is 13.9. The molecule has 1 aliphatic heterocycles. The average molecular weight is 388 g/mol. The summed E-state index contributed by atoms with van der Waals surface area (Å²) in [4.78, 5) is 24.5. The Morgan fingerprint density at radius 2 is 1.86 bits per heavy atom. The predicted molar refractivity (Wildman–Crippen MR) is 113 cm³/mol. The Balaban J connectivity index is 1.54. The molecule has 6 heteroatoms. The summed E-state index contributed by atoms with van der Waals surface area (Å²) in [6, 6.07) is 13.9. The molecule has 0 radical (unpaired) electrons. The van der Waals surface area contributed by atoms with Crippen molar-refractivity contribution < 1.29 is 9.59 Å². The molecule has 1 aromatic heterocycles. The maximum atomic E-state index is 13.0. The van der Waals surface area contributed by atoms with Crippen LogP contribution in [0.25, 0.3) is 0 Å². The lowest BCUT2D eigenvalue weighted by molar-refractivity contribution is -0.116. The number of carbonyl (C=O) groups excluding carboxylic acids is 2. The van der Waals surface area contributed by atoms with Crippen LogP contribution in [0.15, 0.2) is 42.5 Å². The second-order valence-electron chi connectivity index (χ2n) is 7.56. The van der Waals surface area contributed by atoms with E-state index in [-0.39, 0.29) is 11.8 Å². The standard InChI is InChI=1S/C23H24N4O2/c1-14-4-6-17(7-5-14)13-27-16(3)22(15(2)26-27)23(29)24-19-9-10-20-18(12-19)8-11-21(28)25-20/h4-7,9-10,12H,8,11,13H2,1-3H3,(H,24,29)(H,25,28). The Hall–Kier alpha value is -3.41. The van der Waals surface area contributed by atoms with E-state index >= 15 is 0 Å². The van der Waals surface area contributed by atoms with Crippen LogP contribution in [0.1, 0.15) is 44.9 Å². The second kappa shape index (κ2) is 7.54. The third-order valence-electron chi connectivity index (χ3n) is 5.32. The molecule has 6 nitrogen and oxygen atoms in total. The highest BCUT2D eigenvalue weighted by molar-refractivity contribution is 6.06. The zero-order valence-electron chi connectivity index (χ0n) is 16.9. The van der Waals surface area contributed by atoms with Crippen molar-refractivity contribution >= 4 is 23.2 Å². The minimum absolute atomic E-state index is 0.0292. The van der Waals surface area contributed by atoms with Gasteiger partial charge in [-0.3, -0.25) is 14.3 Å². The van der Waals surface area contributed by atoms with Gasteiger partial charge in [-0.1, -0.05) is 29.8 Å². The number of anilines is 2. The molecular weight excluding hydrogens is 364 g/mol. The fourth-order valence-electron chi connectivity index (χ4n) is 3.70. The molecule has 0 saturated carbocycles. The summed E-state index contributed by atoms with van der Waals surface area (Å²) < 4.78 is 1.87. The highest BCUT2D eigenvalue weighted by Crippen LogP contribution is 2.26. The molecule has 3 aromatic rings. The van der Waals surface area contributed by atoms with E-state index in [9.17, 15) is 9.59 Å². The third-order valence-corrected chi connectivity index (χ3v) is 5.32. The topological polar surface area (TPSA) is 76.0 Å². The van der Waals surface area contributed by atoms with E-state index in [2.05, 4.69) is 46.9 Å². The molecule has 0 fully saturated rings. The average Bonchev–Trinajstić information content (AvgIpc) is 2.97. The summed E-state index contributed by atoms with van der Waals surface area (Å²) in [6.07, 6.45) is 1.14. The number of hydrogen-bond acceptors (Lipinski definition) is 3. The summed E-state index contributed by atoms with van der Waals surface area (Å²) in [5.41, 5.74) is 7.07. The van der Waals surface area contributed by atoms with Gasteiger partial charge in [0, 0.05) is 23.5 Å². The SMILES string of the molecule is Cc1ccc(Cn2nc(C)c(C(=O)Nc3ccc4c(c3)CCC(=O)N4)c2C)cc1. The molecule has 2 aromatic carbocycles. The highest BCUT2D eigenvalue weighted by atomic mass is 16.2. The largest absolute Gasteiger partial charge is 0.326 e. The first-order valence-electron chi connectivity index (χ1n) is 9.74. The molecule has 2 N–H and O–H groups in total. The Kier molecular flexibility index (Phi) is 4.92. The van der Waals surface area contributed by atoms with Gasteiger partial charge >= 0.3 is 0 Å². The van der Waals surface area contributed by atoms with Crippen molar-refractivity contribution in [2.75, 3.05) is 10.6 Å². The molecule has 0 unspecified atom stereocenters. The van der Waals surface area contributed by atoms with Crippen LogP contribution >= 0.6 is 0 Å². The number of hydrogen-bond donors (Lipinski definition) is 2. The number of fused-ring (bicyclic) bond motifs is 1. The molecule has 1 aliphatic rings. The number of carbonyl (C=O) groups is 2. The van der Waals surface area contributed by atoms with Crippen molar-refractivity contribution in [2.24, 2.45) is 0 Å². The minimum Gasteiger partial charge on any atom is -0.326 e. The van der Waals surface area contributed by atoms with Crippen molar-refractivity contribution in [3.63, 3.8) is 0 Å². The predicted octanol–water partition coefficient (Wildman–Crippen LogP) is 3.99. The van der Waals surface area contributed by atoms with Crippen LogP contribution in [0.4, 0.5) is 11.4 Å². The van der Waals surface area contributed by atoms with E-state index in [1.807, 2.05) is 36.7 Å². The van der Waals surface area contributed by atoms with Gasteiger partial charge in [-0.25, -0.2) is 0 Å². The Bertz CT molecular complexity index is 1100. The zero-order valence-corrected chi connectivity index (χ0v) is 16.9. The van der Waals surface area contributed by atoms with E-state index in [0.29, 0.717) is 30.6 Å². The summed E-state index contributed by atoms with van der Waals surface area (Å²) in [7, 11) is 0. The van der Waals surface area contributed by atoms with Crippen LogP contribution in [0.3, 0.4) is 0 Å². The van der Waals surface area contributed by atoms with Crippen molar-refractivity contribution in [3.05, 3.63) is 76.1 Å². The van der Waals surface area contributed by atoms with Gasteiger partial charge in [-0.05, 0) is 56.5 Å². The lowest BCUT2D eigenvalue weighted by Crippen LogP contribution is -2.19. The quantitative estimate of drug-likeness (QED) is 0.709. The number of nitrogens with zero attached hydrogens (tertiary/aromatic N) is 2. The van der Waals surface area contributed by atoms with E-state index in [0.717, 1.165) is 28.2 Å². The fourth-order valence-corrected chi connectivity index (χ4v) is 3.70. The summed E-state index contributed by atoms with van der Waals surface area (Å²) in [5, 5.41) is 10.4. The van der Waals surface area contributed by atoms with Crippen molar-refractivity contribution in [2.45, 2.75) is 40.2 Å². The van der Waals surface area contributed by atoms with Crippen LogP contribution < -0.4 is 10.6 Å². The van der Waals surface area contributed by atoms with E-state index in [1.54, 1.807) is 0 Å². The molecule has 0 bridgehead atoms. The van der Waals surface area contributed by atoms with Gasteiger partial charge in [0.25, 0.3) is 5.91 Å². The number of benzene rings is 2. The van der Waals surface area contributed by atoms with E-state index in [1.165, 1.54) is 5.56 Å². The van der Waals surface area contributed by atoms with Gasteiger partial charge in [0.05, 0.1) is 17.8 Å². The van der Waals surface area contributed by atoms with Crippen molar-refractivity contribution in [3.8, 4) is 0 Å². The van der Waals surface area contributed by atoms with Crippen LogP contribution in [0, 0.1) is 20.8 Å². The first-order valence-corrected chi connectivity index (χ1v) is 9.74. The highest BCUT2D eigenvalue weighted by Gasteiger charge is 2.20. The minimum atomic E-state index is -0.171. The molecular formula is C23H24N4O2. The molecule has 0 aliphatic carbocycles. The first kappa shape index (κ1) is 18.9. The van der Waals surface area contributed by atoms with Crippen LogP contribution in [0.2, 0.25) is 0 Å². The van der Waals surface area contributed by atoms with Crippen LogP contribution in [-0.2, 0) is 17.8 Å². The van der Waals surface area contributed by atoms with Gasteiger partial charge in [0.1, 0.15) is 0 Å². The molecule has 0 atom stereocenters. The van der Waals surface area contributed by atoms with Gasteiger partial charge in [0.15, 0.2) is 0 Å². The molecule has 29 heavy (non-hydrogen) atoms. The molecule has 2 heterocycles. The second-order valence-corrected chi connectivity index (χ2v) is 7.56. The van der Waals surface area contributed by atoms with Gasteiger partial charge in [-0.2, -0.15) is 5.10 Å². The normalized spacial score (nSPS) is 13.0. The lowest BCUT2D eigenvalue weighted by atomic mass is 10.0. The molecule has 4 rings (SSSR count).